The second kappa shape index (κ2) is 9.58. The van der Waals surface area contributed by atoms with Gasteiger partial charge in [0, 0.05) is 38.3 Å². The SMILES string of the molecule is CCc1cnc(N2CCC(ON=C3CCC(c4ccc(N)c(F)c4F)CC3)CC2)nc1. The summed E-state index contributed by atoms with van der Waals surface area (Å²) in [7, 11) is 0. The molecular weight excluding hydrogens is 400 g/mol. The number of hydrogen-bond donors (Lipinski definition) is 1. The Kier molecular flexibility index (Phi) is 6.63. The molecule has 4 rings (SSSR count). The van der Waals surface area contributed by atoms with E-state index in [1.807, 2.05) is 12.4 Å². The lowest BCUT2D eigenvalue weighted by Gasteiger charge is -2.31. The number of rotatable bonds is 5. The Morgan fingerprint density at radius 1 is 1.06 bits per heavy atom. The van der Waals surface area contributed by atoms with Crippen LogP contribution in [0.2, 0.25) is 0 Å². The van der Waals surface area contributed by atoms with E-state index >= 15 is 0 Å². The number of nitrogens with zero attached hydrogens (tertiary/aromatic N) is 4. The van der Waals surface area contributed by atoms with Gasteiger partial charge in [0.15, 0.2) is 11.6 Å². The van der Waals surface area contributed by atoms with Crippen molar-refractivity contribution in [3.8, 4) is 0 Å². The third-order valence-electron chi connectivity index (χ3n) is 6.30. The molecule has 0 amide bonds. The van der Waals surface area contributed by atoms with Crippen LogP contribution in [0.25, 0.3) is 0 Å². The van der Waals surface area contributed by atoms with Gasteiger partial charge < -0.3 is 15.5 Å². The summed E-state index contributed by atoms with van der Waals surface area (Å²) < 4.78 is 28.0. The molecule has 0 bridgehead atoms. The molecule has 1 aromatic carbocycles. The van der Waals surface area contributed by atoms with Crippen molar-refractivity contribution in [3.63, 3.8) is 0 Å². The number of aromatic nitrogens is 2. The molecule has 1 aliphatic carbocycles. The lowest BCUT2D eigenvalue weighted by atomic mass is 9.83. The van der Waals surface area contributed by atoms with Gasteiger partial charge in [0.25, 0.3) is 0 Å². The Hall–Kier alpha value is -2.77. The van der Waals surface area contributed by atoms with E-state index in [1.165, 1.54) is 6.07 Å². The van der Waals surface area contributed by atoms with Crippen molar-refractivity contribution in [3.05, 3.63) is 47.3 Å². The van der Waals surface area contributed by atoms with Crippen LogP contribution in [0.15, 0.2) is 29.7 Å². The van der Waals surface area contributed by atoms with E-state index in [1.54, 1.807) is 6.07 Å². The smallest absolute Gasteiger partial charge is 0.225 e. The van der Waals surface area contributed by atoms with Crippen molar-refractivity contribution in [2.45, 2.75) is 63.9 Å². The van der Waals surface area contributed by atoms with Crippen molar-refractivity contribution in [2.24, 2.45) is 5.16 Å². The van der Waals surface area contributed by atoms with Crippen molar-refractivity contribution < 1.29 is 13.6 Å². The number of hydrogen-bond acceptors (Lipinski definition) is 6. The summed E-state index contributed by atoms with van der Waals surface area (Å²) in [6.45, 7) is 3.77. The van der Waals surface area contributed by atoms with E-state index in [-0.39, 0.29) is 17.7 Å². The van der Waals surface area contributed by atoms with Gasteiger partial charge in [-0.05, 0) is 55.2 Å². The van der Waals surface area contributed by atoms with Crippen molar-refractivity contribution in [1.82, 2.24) is 9.97 Å². The summed E-state index contributed by atoms with van der Waals surface area (Å²) in [5, 5.41) is 4.39. The molecule has 0 atom stereocenters. The highest BCUT2D eigenvalue weighted by Gasteiger charge is 2.26. The number of nitrogens with two attached hydrogens (primary N) is 1. The van der Waals surface area contributed by atoms with Crippen LogP contribution in [0, 0.1) is 11.6 Å². The van der Waals surface area contributed by atoms with Crippen LogP contribution in [-0.4, -0.2) is 34.9 Å². The maximum atomic E-state index is 14.2. The summed E-state index contributed by atoms with van der Waals surface area (Å²) in [4.78, 5) is 16.9. The molecule has 2 aliphatic rings. The molecule has 8 heteroatoms. The Morgan fingerprint density at radius 2 is 1.74 bits per heavy atom. The zero-order chi connectivity index (χ0) is 21.8. The molecule has 1 aliphatic heterocycles. The molecule has 0 unspecified atom stereocenters. The largest absolute Gasteiger partial charge is 0.396 e. The fourth-order valence-corrected chi connectivity index (χ4v) is 4.25. The van der Waals surface area contributed by atoms with Crippen molar-refractivity contribution >= 4 is 17.3 Å². The van der Waals surface area contributed by atoms with E-state index in [0.717, 1.165) is 75.3 Å². The maximum Gasteiger partial charge on any atom is 0.225 e. The molecule has 31 heavy (non-hydrogen) atoms. The summed E-state index contributed by atoms with van der Waals surface area (Å²) in [6.07, 6.45) is 9.44. The van der Waals surface area contributed by atoms with Gasteiger partial charge in [-0.3, -0.25) is 0 Å². The second-order valence-corrected chi connectivity index (χ2v) is 8.34. The lowest BCUT2D eigenvalue weighted by Crippen LogP contribution is -2.37. The summed E-state index contributed by atoms with van der Waals surface area (Å²) in [6, 6.07) is 3.04. The molecule has 2 N–H and O–H groups in total. The molecule has 0 radical (unpaired) electrons. The standard InChI is InChI=1S/C23H29F2N5O/c1-2-15-13-27-23(28-14-15)30-11-9-18(10-12-30)31-29-17-5-3-16(4-6-17)19-7-8-20(26)22(25)21(19)24/h7-8,13-14,16,18H,2-6,9-12,26H2,1H3. The Bertz CT molecular complexity index is 916. The van der Waals surface area contributed by atoms with Gasteiger partial charge in [-0.15, -0.1) is 0 Å². The quantitative estimate of drug-likeness (QED) is 0.555. The normalized spacial score (nSPS) is 20.0. The maximum absolute atomic E-state index is 14.2. The van der Waals surface area contributed by atoms with Crippen LogP contribution in [0.1, 0.15) is 62.5 Å². The zero-order valence-electron chi connectivity index (χ0n) is 17.9. The van der Waals surface area contributed by atoms with Gasteiger partial charge >= 0.3 is 0 Å². The number of benzene rings is 1. The molecule has 2 aromatic rings. The molecule has 0 spiro atoms. The number of aryl methyl sites for hydroxylation is 1. The Balaban J connectivity index is 1.25. The number of piperidine rings is 1. The highest BCUT2D eigenvalue weighted by atomic mass is 19.2. The van der Waals surface area contributed by atoms with E-state index in [4.69, 9.17) is 10.6 Å². The van der Waals surface area contributed by atoms with E-state index in [9.17, 15) is 8.78 Å². The first-order valence-electron chi connectivity index (χ1n) is 11.1. The van der Waals surface area contributed by atoms with Crippen LogP contribution in [-0.2, 0) is 11.3 Å². The minimum Gasteiger partial charge on any atom is -0.396 e. The van der Waals surface area contributed by atoms with E-state index < -0.39 is 11.6 Å². The third kappa shape index (κ3) is 4.94. The average molecular weight is 430 g/mol. The first kappa shape index (κ1) is 21.5. The molecule has 2 heterocycles. The fourth-order valence-electron chi connectivity index (χ4n) is 4.25. The molecule has 1 aromatic heterocycles. The van der Waals surface area contributed by atoms with Gasteiger partial charge in [-0.25, -0.2) is 18.7 Å². The van der Waals surface area contributed by atoms with Gasteiger partial charge in [0.2, 0.25) is 5.95 Å². The predicted octanol–water partition coefficient (Wildman–Crippen LogP) is 4.60. The number of halogens is 2. The minimum absolute atomic E-state index is 0.0172. The molecule has 1 saturated carbocycles. The topological polar surface area (TPSA) is 76.6 Å². The van der Waals surface area contributed by atoms with Crippen molar-refractivity contribution in [2.75, 3.05) is 23.7 Å². The summed E-state index contributed by atoms with van der Waals surface area (Å²) in [5.41, 5.74) is 7.83. The first-order valence-corrected chi connectivity index (χ1v) is 11.1. The predicted molar refractivity (Wildman–Crippen MR) is 117 cm³/mol. The minimum atomic E-state index is -0.946. The second-order valence-electron chi connectivity index (χ2n) is 8.34. The Morgan fingerprint density at radius 3 is 2.39 bits per heavy atom. The molecule has 1 saturated heterocycles. The molecule has 6 nitrogen and oxygen atoms in total. The Labute approximate surface area is 181 Å². The van der Waals surface area contributed by atoms with Gasteiger partial charge in [0.1, 0.15) is 6.10 Å². The lowest BCUT2D eigenvalue weighted by molar-refractivity contribution is 0.0406. The first-order chi connectivity index (χ1) is 15.0. The third-order valence-corrected chi connectivity index (χ3v) is 6.30. The number of oxime groups is 1. The number of anilines is 2. The fraction of sp³-hybridized carbons (Fsp3) is 0.522. The van der Waals surface area contributed by atoms with Crippen LogP contribution in [0.5, 0.6) is 0 Å². The van der Waals surface area contributed by atoms with Crippen molar-refractivity contribution in [1.29, 1.82) is 0 Å². The molecule has 166 valence electrons. The monoisotopic (exact) mass is 429 g/mol. The highest BCUT2D eigenvalue weighted by Crippen LogP contribution is 2.35. The van der Waals surface area contributed by atoms with Crippen LogP contribution < -0.4 is 10.6 Å². The molecular formula is C23H29F2N5O. The highest BCUT2D eigenvalue weighted by molar-refractivity contribution is 5.84. The van der Waals surface area contributed by atoms with Gasteiger partial charge in [-0.2, -0.15) is 0 Å². The van der Waals surface area contributed by atoms with Crippen LogP contribution >= 0.6 is 0 Å². The zero-order valence-corrected chi connectivity index (χ0v) is 17.9. The van der Waals surface area contributed by atoms with Gasteiger partial charge in [0.05, 0.1) is 11.4 Å². The summed E-state index contributed by atoms with van der Waals surface area (Å²) in [5.74, 6) is -1.01. The van der Waals surface area contributed by atoms with Crippen LogP contribution in [0.4, 0.5) is 20.4 Å². The van der Waals surface area contributed by atoms with E-state index in [0.29, 0.717) is 5.56 Å². The van der Waals surface area contributed by atoms with E-state index in [2.05, 4.69) is 26.9 Å². The molecule has 2 fully saturated rings. The number of nitrogen functional groups attached to an aromatic ring is 1. The van der Waals surface area contributed by atoms with Gasteiger partial charge in [-0.1, -0.05) is 18.1 Å². The average Bonchev–Trinajstić information content (AvgIpc) is 2.82. The van der Waals surface area contributed by atoms with Crippen LogP contribution in [0.3, 0.4) is 0 Å². The summed E-state index contributed by atoms with van der Waals surface area (Å²) >= 11 is 0.